The van der Waals surface area contributed by atoms with Crippen molar-refractivity contribution >= 4 is 12.4 Å². The lowest BCUT2D eigenvalue weighted by Crippen LogP contribution is -2.53. The fourth-order valence-electron chi connectivity index (χ4n) is 3.06. The maximum absolute atomic E-state index is 12.6. The third-order valence-corrected chi connectivity index (χ3v) is 4.78. The van der Waals surface area contributed by atoms with Gasteiger partial charge in [-0.3, -0.25) is 4.79 Å². The van der Waals surface area contributed by atoms with E-state index in [-0.39, 0.29) is 11.6 Å². The molecule has 1 saturated heterocycles. The van der Waals surface area contributed by atoms with Crippen LogP contribution in [0.4, 0.5) is 4.79 Å². The Kier molecular flexibility index (Phi) is 4.51. The number of hydrogen-bond acceptors (Lipinski definition) is 4. The molecule has 7 nitrogen and oxygen atoms in total. The van der Waals surface area contributed by atoms with Crippen molar-refractivity contribution in [2.45, 2.75) is 18.4 Å². The Hall–Kier alpha value is -2.44. The average Bonchev–Trinajstić information content (AvgIpc) is 3.41. The van der Waals surface area contributed by atoms with Gasteiger partial charge < -0.3 is 24.6 Å². The first-order valence-corrected chi connectivity index (χ1v) is 8.11. The van der Waals surface area contributed by atoms with Crippen molar-refractivity contribution in [1.82, 2.24) is 15.1 Å². The molecule has 0 aromatic heterocycles. The summed E-state index contributed by atoms with van der Waals surface area (Å²) in [6.45, 7) is 2.29. The van der Waals surface area contributed by atoms with Crippen molar-refractivity contribution in [3.05, 3.63) is 23.8 Å². The minimum absolute atomic E-state index is 0.0761. The van der Waals surface area contributed by atoms with Gasteiger partial charge in [0, 0.05) is 26.2 Å². The number of nitrogens with zero attached hydrogens (tertiary/aromatic N) is 2. The molecule has 7 heteroatoms. The zero-order chi connectivity index (χ0) is 17.2. The van der Waals surface area contributed by atoms with Crippen LogP contribution < -0.4 is 14.8 Å². The summed E-state index contributed by atoms with van der Waals surface area (Å²) in [6, 6.07) is 5.69. The maximum atomic E-state index is 12.6. The topological polar surface area (TPSA) is 71.1 Å². The van der Waals surface area contributed by atoms with E-state index in [2.05, 4.69) is 5.32 Å². The van der Waals surface area contributed by atoms with Crippen LogP contribution in [0.3, 0.4) is 0 Å². The van der Waals surface area contributed by atoms with Crippen LogP contribution >= 0.6 is 0 Å². The Morgan fingerprint density at radius 3 is 2.33 bits per heavy atom. The van der Waals surface area contributed by atoms with E-state index in [0.29, 0.717) is 37.7 Å². The molecule has 1 aromatic rings. The summed E-state index contributed by atoms with van der Waals surface area (Å²) in [5.41, 5.74) is 0.707. The lowest BCUT2D eigenvalue weighted by atomic mass is 10.0. The Morgan fingerprint density at radius 2 is 1.79 bits per heavy atom. The summed E-state index contributed by atoms with van der Waals surface area (Å²) in [4.78, 5) is 26.8. The van der Waals surface area contributed by atoms with Gasteiger partial charge in [0.2, 0.25) is 6.41 Å². The zero-order valence-electron chi connectivity index (χ0n) is 14.1. The second kappa shape index (κ2) is 6.59. The summed E-state index contributed by atoms with van der Waals surface area (Å²) >= 11 is 0. The van der Waals surface area contributed by atoms with Crippen LogP contribution in [0, 0.1) is 0 Å². The van der Waals surface area contributed by atoms with E-state index in [0.717, 1.165) is 24.8 Å². The predicted molar refractivity (Wildman–Crippen MR) is 88.2 cm³/mol. The molecule has 1 aliphatic heterocycles. The van der Waals surface area contributed by atoms with E-state index in [1.165, 1.54) is 0 Å². The normalized spacial score (nSPS) is 18.8. The molecule has 1 heterocycles. The molecule has 0 bridgehead atoms. The van der Waals surface area contributed by atoms with Gasteiger partial charge in [-0.1, -0.05) is 6.07 Å². The van der Waals surface area contributed by atoms with Crippen LogP contribution in [0.25, 0.3) is 0 Å². The van der Waals surface area contributed by atoms with Gasteiger partial charge >= 0.3 is 6.03 Å². The van der Waals surface area contributed by atoms with Gasteiger partial charge in [0.15, 0.2) is 11.5 Å². The third kappa shape index (κ3) is 3.11. The van der Waals surface area contributed by atoms with E-state index in [4.69, 9.17) is 9.47 Å². The van der Waals surface area contributed by atoms with Gasteiger partial charge in [0.25, 0.3) is 0 Å². The van der Waals surface area contributed by atoms with Gasteiger partial charge in [-0.25, -0.2) is 4.79 Å². The van der Waals surface area contributed by atoms with E-state index in [1.807, 2.05) is 18.2 Å². The molecule has 130 valence electrons. The molecule has 2 fully saturated rings. The van der Waals surface area contributed by atoms with Crippen molar-refractivity contribution < 1.29 is 19.1 Å². The van der Waals surface area contributed by atoms with Crippen molar-refractivity contribution in [3.63, 3.8) is 0 Å². The Labute approximate surface area is 141 Å². The number of amides is 3. The molecule has 0 spiro atoms. The SMILES string of the molecule is COc1ccc(C2(NC(=O)N3CCN(C=O)CC3)CC2)cc1OC. The highest BCUT2D eigenvalue weighted by molar-refractivity contribution is 5.76. The number of hydrogen-bond donors (Lipinski definition) is 1. The highest BCUT2D eigenvalue weighted by Gasteiger charge is 2.46. The number of nitrogens with one attached hydrogen (secondary N) is 1. The van der Waals surface area contributed by atoms with E-state index >= 15 is 0 Å². The second-order valence-corrected chi connectivity index (χ2v) is 6.21. The second-order valence-electron chi connectivity index (χ2n) is 6.21. The molecule has 24 heavy (non-hydrogen) atoms. The number of carbonyl (C=O) groups excluding carboxylic acids is 2. The molecule has 2 aliphatic rings. The van der Waals surface area contributed by atoms with Crippen LogP contribution in [0.2, 0.25) is 0 Å². The Balaban J connectivity index is 1.68. The van der Waals surface area contributed by atoms with Gasteiger partial charge in [-0.15, -0.1) is 0 Å². The molecule has 1 saturated carbocycles. The summed E-state index contributed by atoms with van der Waals surface area (Å²) in [7, 11) is 3.21. The number of urea groups is 1. The molecule has 3 amide bonds. The van der Waals surface area contributed by atoms with Crippen LogP contribution in [-0.2, 0) is 10.3 Å². The lowest BCUT2D eigenvalue weighted by molar-refractivity contribution is -0.119. The van der Waals surface area contributed by atoms with Crippen molar-refractivity contribution in [3.8, 4) is 11.5 Å². The van der Waals surface area contributed by atoms with Gasteiger partial charge in [-0.05, 0) is 30.5 Å². The summed E-state index contributed by atoms with van der Waals surface area (Å²) < 4.78 is 10.6. The number of ether oxygens (including phenoxy) is 2. The van der Waals surface area contributed by atoms with Gasteiger partial charge in [0.1, 0.15) is 0 Å². The highest BCUT2D eigenvalue weighted by Crippen LogP contribution is 2.47. The van der Waals surface area contributed by atoms with E-state index < -0.39 is 0 Å². The minimum Gasteiger partial charge on any atom is -0.493 e. The average molecular weight is 333 g/mol. The molecular formula is C17H23N3O4. The standard InChI is InChI=1S/C17H23N3O4/c1-23-14-4-3-13(11-15(14)24-2)17(5-6-17)18-16(22)20-9-7-19(12-21)8-10-20/h3-4,11-12H,5-10H2,1-2H3,(H,18,22). The van der Waals surface area contributed by atoms with Gasteiger partial charge in [-0.2, -0.15) is 0 Å². The van der Waals surface area contributed by atoms with Crippen LogP contribution in [0.5, 0.6) is 11.5 Å². The van der Waals surface area contributed by atoms with Crippen LogP contribution in [0.1, 0.15) is 18.4 Å². The lowest BCUT2D eigenvalue weighted by Gasteiger charge is -2.34. The van der Waals surface area contributed by atoms with Crippen molar-refractivity contribution in [2.24, 2.45) is 0 Å². The fourth-order valence-corrected chi connectivity index (χ4v) is 3.06. The molecule has 0 radical (unpaired) electrons. The monoisotopic (exact) mass is 333 g/mol. The maximum Gasteiger partial charge on any atom is 0.318 e. The molecule has 1 aromatic carbocycles. The number of carbonyl (C=O) groups is 2. The fraction of sp³-hybridized carbons (Fsp3) is 0.529. The molecule has 0 atom stereocenters. The number of piperazine rings is 1. The first-order valence-electron chi connectivity index (χ1n) is 8.11. The molecule has 0 unspecified atom stereocenters. The predicted octanol–water partition coefficient (Wildman–Crippen LogP) is 1.18. The van der Waals surface area contributed by atoms with Crippen LogP contribution in [-0.4, -0.2) is 62.6 Å². The summed E-state index contributed by atoms with van der Waals surface area (Å²) in [5, 5.41) is 3.16. The van der Waals surface area contributed by atoms with E-state index in [1.54, 1.807) is 24.0 Å². The largest absolute Gasteiger partial charge is 0.493 e. The molecule has 3 rings (SSSR count). The first-order chi connectivity index (χ1) is 11.6. The third-order valence-electron chi connectivity index (χ3n) is 4.78. The van der Waals surface area contributed by atoms with E-state index in [9.17, 15) is 9.59 Å². The quantitative estimate of drug-likeness (QED) is 0.822. The molecule has 1 N–H and O–H groups in total. The highest BCUT2D eigenvalue weighted by atomic mass is 16.5. The summed E-state index contributed by atoms with van der Waals surface area (Å²) in [6.07, 6.45) is 2.65. The molecule has 1 aliphatic carbocycles. The number of benzene rings is 1. The van der Waals surface area contributed by atoms with Gasteiger partial charge in [0.05, 0.1) is 19.8 Å². The summed E-state index contributed by atoms with van der Waals surface area (Å²) in [5.74, 6) is 1.34. The smallest absolute Gasteiger partial charge is 0.318 e. The van der Waals surface area contributed by atoms with Crippen LogP contribution in [0.15, 0.2) is 18.2 Å². The number of methoxy groups -OCH3 is 2. The minimum atomic E-state index is -0.321. The molecular weight excluding hydrogens is 310 g/mol. The van der Waals surface area contributed by atoms with Crippen molar-refractivity contribution in [2.75, 3.05) is 40.4 Å². The Morgan fingerprint density at radius 1 is 1.12 bits per heavy atom. The number of rotatable bonds is 5. The first kappa shape index (κ1) is 16.4. The van der Waals surface area contributed by atoms with Crippen molar-refractivity contribution in [1.29, 1.82) is 0 Å². The zero-order valence-corrected chi connectivity index (χ0v) is 14.1. The Bertz CT molecular complexity index is 622.